The number of benzene rings is 1. The minimum Gasteiger partial charge on any atom is -0.430 e. The Morgan fingerprint density at radius 1 is 1.32 bits per heavy atom. The number of aliphatic imine (C=N–C) groups is 1. The van der Waals surface area contributed by atoms with Gasteiger partial charge in [0.2, 0.25) is 0 Å². The fraction of sp³-hybridized carbons (Fsp3) is 0.500. The van der Waals surface area contributed by atoms with Crippen molar-refractivity contribution >= 4 is 35.2 Å². The highest BCUT2D eigenvalue weighted by molar-refractivity contribution is 7.07. The van der Waals surface area contributed by atoms with Crippen LogP contribution in [0.15, 0.2) is 17.1 Å². The van der Waals surface area contributed by atoms with Crippen LogP contribution < -0.4 is 4.74 Å². The summed E-state index contributed by atoms with van der Waals surface area (Å²) in [5.41, 5.74) is 3.00. The maximum atomic E-state index is 6.35. The van der Waals surface area contributed by atoms with Crippen molar-refractivity contribution in [2.45, 2.75) is 51.5 Å². The van der Waals surface area contributed by atoms with E-state index in [1.54, 1.807) is 0 Å². The van der Waals surface area contributed by atoms with Gasteiger partial charge >= 0.3 is 0 Å². The van der Waals surface area contributed by atoms with Gasteiger partial charge in [-0.3, -0.25) is 0 Å². The lowest BCUT2D eigenvalue weighted by molar-refractivity contribution is 0.429. The number of hydrogen-bond donors (Lipinski definition) is 0. The maximum absolute atomic E-state index is 6.35. The van der Waals surface area contributed by atoms with E-state index in [1.807, 2.05) is 39.4 Å². The average molecular weight is 379 g/mol. The van der Waals surface area contributed by atoms with E-state index in [-0.39, 0.29) is 4.87 Å². The van der Waals surface area contributed by atoms with Gasteiger partial charge < -0.3 is 9.64 Å². The van der Waals surface area contributed by atoms with Crippen LogP contribution in [0.2, 0.25) is 0 Å². The fourth-order valence-corrected chi connectivity index (χ4v) is 3.03. The lowest BCUT2D eigenvalue weighted by Crippen LogP contribution is -2.24. The van der Waals surface area contributed by atoms with Gasteiger partial charge in [0.05, 0.1) is 12.0 Å². The summed E-state index contributed by atoms with van der Waals surface area (Å²) in [5.74, 6) is 1.46. The Balaban J connectivity index is 1.77. The van der Waals surface area contributed by atoms with Crippen LogP contribution in [0.3, 0.4) is 0 Å². The van der Waals surface area contributed by atoms with Gasteiger partial charge in [-0.1, -0.05) is 0 Å². The number of aromatic nitrogens is 2. The normalized spacial score (nSPS) is 15.8. The topological polar surface area (TPSA) is 50.6 Å². The molecule has 1 aliphatic carbocycles. The second-order valence-corrected chi connectivity index (χ2v) is 8.30. The van der Waals surface area contributed by atoms with E-state index in [0.29, 0.717) is 17.1 Å². The number of alkyl halides is 1. The molecular formula is C18H23ClN4OS. The van der Waals surface area contributed by atoms with Crippen LogP contribution in [0.5, 0.6) is 10.9 Å². The van der Waals surface area contributed by atoms with Crippen molar-refractivity contribution < 1.29 is 4.74 Å². The summed E-state index contributed by atoms with van der Waals surface area (Å²) in [6.07, 6.45) is 3.72. The van der Waals surface area contributed by atoms with Crippen LogP contribution in [0.4, 0.5) is 5.69 Å². The molecule has 0 N–H and O–H groups in total. The standard InChI is InChI=1S/C18H23ClN4OS/c1-11(2)23(5)10-20-14-8-13(4)15(9-12(14)3)24-17-21-16(22-25-17)18(19)6-7-18/h8-11H,6-7H2,1-5H3. The van der Waals surface area contributed by atoms with Crippen molar-refractivity contribution in [3.63, 3.8) is 0 Å². The number of halogens is 1. The Kier molecular flexibility index (Phi) is 5.02. The van der Waals surface area contributed by atoms with Crippen LogP contribution in [0, 0.1) is 13.8 Å². The van der Waals surface area contributed by atoms with Gasteiger partial charge in [0.25, 0.3) is 5.19 Å². The molecule has 1 aromatic carbocycles. The molecule has 0 radical (unpaired) electrons. The first-order chi connectivity index (χ1) is 11.8. The molecule has 0 aliphatic heterocycles. The maximum Gasteiger partial charge on any atom is 0.298 e. The van der Waals surface area contributed by atoms with Crippen LogP contribution in [0.25, 0.3) is 0 Å². The number of nitrogens with zero attached hydrogens (tertiary/aromatic N) is 4. The molecule has 1 fully saturated rings. The third-order valence-electron chi connectivity index (χ3n) is 4.38. The molecule has 5 nitrogen and oxygen atoms in total. The predicted octanol–water partition coefficient (Wildman–Crippen LogP) is 5.18. The number of rotatable bonds is 6. The zero-order chi connectivity index (χ0) is 18.2. The molecule has 0 amide bonds. The minimum absolute atomic E-state index is 0.357. The second kappa shape index (κ2) is 6.92. The molecule has 134 valence electrons. The second-order valence-electron chi connectivity index (χ2n) is 6.86. The Bertz CT molecular complexity index is 798. The zero-order valence-electron chi connectivity index (χ0n) is 15.2. The quantitative estimate of drug-likeness (QED) is 0.395. The van der Waals surface area contributed by atoms with Crippen LogP contribution >= 0.6 is 23.1 Å². The molecule has 1 saturated carbocycles. The zero-order valence-corrected chi connectivity index (χ0v) is 16.8. The molecule has 7 heteroatoms. The van der Waals surface area contributed by atoms with Crippen molar-refractivity contribution in [3.8, 4) is 10.9 Å². The first-order valence-electron chi connectivity index (χ1n) is 8.37. The summed E-state index contributed by atoms with van der Waals surface area (Å²) in [7, 11) is 2.02. The van der Waals surface area contributed by atoms with E-state index in [2.05, 4.69) is 33.1 Å². The summed E-state index contributed by atoms with van der Waals surface area (Å²) in [6, 6.07) is 4.43. The highest BCUT2D eigenvalue weighted by atomic mass is 35.5. The summed E-state index contributed by atoms with van der Waals surface area (Å²) in [6.45, 7) is 8.29. The SMILES string of the molecule is Cc1cc(Oc2nc(C3(Cl)CC3)ns2)c(C)cc1N=CN(C)C(C)C. The highest BCUT2D eigenvalue weighted by Crippen LogP contribution is 2.51. The summed E-state index contributed by atoms with van der Waals surface area (Å²) in [4.78, 5) is 10.7. The van der Waals surface area contributed by atoms with Crippen LogP contribution in [0.1, 0.15) is 43.6 Å². The van der Waals surface area contributed by atoms with Crippen molar-refractivity contribution in [1.82, 2.24) is 14.3 Å². The first-order valence-corrected chi connectivity index (χ1v) is 9.52. The Morgan fingerprint density at radius 3 is 2.68 bits per heavy atom. The predicted molar refractivity (Wildman–Crippen MR) is 104 cm³/mol. The number of hydrogen-bond acceptors (Lipinski definition) is 5. The number of aryl methyl sites for hydroxylation is 2. The first kappa shape index (κ1) is 18.1. The lowest BCUT2D eigenvalue weighted by Gasteiger charge is -2.17. The Labute approximate surface area is 157 Å². The number of ether oxygens (including phenoxy) is 1. The molecule has 3 rings (SSSR count). The van der Waals surface area contributed by atoms with Crippen molar-refractivity contribution in [2.24, 2.45) is 4.99 Å². The molecule has 0 atom stereocenters. The Hall–Kier alpha value is -1.66. The van der Waals surface area contributed by atoms with E-state index in [0.717, 1.165) is 35.4 Å². The monoisotopic (exact) mass is 378 g/mol. The average Bonchev–Trinajstić information content (AvgIpc) is 3.12. The van der Waals surface area contributed by atoms with Gasteiger partial charge in [-0.15, -0.1) is 11.6 Å². The van der Waals surface area contributed by atoms with Gasteiger partial charge in [0.1, 0.15) is 10.6 Å². The molecule has 1 aromatic heterocycles. The van der Waals surface area contributed by atoms with Gasteiger partial charge in [0.15, 0.2) is 5.82 Å². The molecule has 1 heterocycles. The molecule has 25 heavy (non-hydrogen) atoms. The summed E-state index contributed by atoms with van der Waals surface area (Å²) < 4.78 is 10.3. The van der Waals surface area contributed by atoms with Crippen molar-refractivity contribution in [3.05, 3.63) is 29.1 Å². The lowest BCUT2D eigenvalue weighted by atomic mass is 10.1. The van der Waals surface area contributed by atoms with Crippen molar-refractivity contribution in [1.29, 1.82) is 0 Å². The highest BCUT2D eigenvalue weighted by Gasteiger charge is 2.46. The van der Waals surface area contributed by atoms with Gasteiger partial charge in [-0.2, -0.15) is 9.36 Å². The molecular weight excluding hydrogens is 356 g/mol. The Morgan fingerprint density at radius 2 is 2.04 bits per heavy atom. The van der Waals surface area contributed by atoms with E-state index < -0.39 is 0 Å². The van der Waals surface area contributed by atoms with Crippen LogP contribution in [-0.2, 0) is 4.87 Å². The van der Waals surface area contributed by atoms with E-state index >= 15 is 0 Å². The molecule has 0 unspecified atom stereocenters. The van der Waals surface area contributed by atoms with Gasteiger partial charge in [0, 0.05) is 24.6 Å². The molecule has 2 aromatic rings. The third-order valence-corrected chi connectivity index (χ3v) is 5.52. The van der Waals surface area contributed by atoms with Crippen molar-refractivity contribution in [2.75, 3.05) is 7.05 Å². The van der Waals surface area contributed by atoms with Gasteiger partial charge in [-0.25, -0.2) is 4.99 Å². The van der Waals surface area contributed by atoms with E-state index in [4.69, 9.17) is 16.3 Å². The smallest absolute Gasteiger partial charge is 0.298 e. The van der Waals surface area contributed by atoms with E-state index in [1.165, 1.54) is 11.5 Å². The molecule has 1 aliphatic rings. The molecule has 0 spiro atoms. The molecule has 0 bridgehead atoms. The molecule has 0 saturated heterocycles. The van der Waals surface area contributed by atoms with E-state index in [9.17, 15) is 0 Å². The summed E-state index contributed by atoms with van der Waals surface area (Å²) >= 11 is 7.60. The minimum atomic E-state index is -0.357. The third kappa shape index (κ3) is 4.12. The fourth-order valence-electron chi connectivity index (χ4n) is 2.17. The largest absolute Gasteiger partial charge is 0.430 e. The van der Waals surface area contributed by atoms with Crippen LogP contribution in [-0.4, -0.2) is 33.7 Å². The summed E-state index contributed by atoms with van der Waals surface area (Å²) in [5, 5.41) is 0.528. The van der Waals surface area contributed by atoms with Gasteiger partial charge in [-0.05, 0) is 63.8 Å².